The fourth-order valence-electron chi connectivity index (χ4n) is 4.77. The molecule has 2 aliphatic rings. The molecule has 1 aliphatic carbocycles. The predicted molar refractivity (Wildman–Crippen MR) is 132 cm³/mol. The number of nitrogens with one attached hydrogen (secondary N) is 1. The number of nitrogens with zero attached hydrogens (tertiary/aromatic N) is 4. The lowest BCUT2D eigenvalue weighted by Gasteiger charge is -2.34. The first-order valence-electron chi connectivity index (χ1n) is 11.9. The molecule has 0 saturated heterocycles. The van der Waals surface area contributed by atoms with E-state index in [1.165, 1.54) is 23.4 Å². The highest BCUT2D eigenvalue weighted by atomic mass is 32.2. The Balaban J connectivity index is 1.52. The number of nitriles is 1. The highest BCUT2D eigenvalue weighted by molar-refractivity contribution is 7.94. The molecule has 1 unspecified atom stereocenters. The summed E-state index contributed by atoms with van der Waals surface area (Å²) < 4.78 is 25.5. The van der Waals surface area contributed by atoms with E-state index < -0.39 is 31.8 Å². The van der Waals surface area contributed by atoms with E-state index >= 15 is 0 Å². The largest absolute Gasteiger partial charge is 0.395 e. The fraction of sp³-hybridized carbons (Fsp3) is 0.520. The lowest BCUT2D eigenvalue weighted by molar-refractivity contribution is 0.0724. The summed E-state index contributed by atoms with van der Waals surface area (Å²) in [6, 6.07) is 8.64. The summed E-state index contributed by atoms with van der Waals surface area (Å²) in [6.07, 6.45) is 1.27. The molecule has 2 N–H and O–H groups in total. The lowest BCUT2D eigenvalue weighted by Crippen LogP contribution is -2.51. The van der Waals surface area contributed by atoms with Crippen LogP contribution < -0.4 is 5.32 Å². The van der Waals surface area contributed by atoms with Crippen molar-refractivity contribution in [2.24, 2.45) is 7.05 Å². The van der Waals surface area contributed by atoms with Crippen LogP contribution in [0.4, 0.5) is 0 Å². The molecule has 1 atom stereocenters. The first-order valence-corrected chi connectivity index (χ1v) is 13.4. The highest BCUT2D eigenvalue weighted by Crippen LogP contribution is 2.49. The molecular weight excluding hydrogens is 482 g/mol. The molecule has 1 saturated carbocycles. The summed E-state index contributed by atoms with van der Waals surface area (Å²) in [7, 11) is -2.09. The maximum atomic E-state index is 13.4. The molecule has 2 heterocycles. The second-order valence-corrected chi connectivity index (χ2v) is 13.3. The Kier molecular flexibility index (Phi) is 6.47. The molecule has 192 valence electrons. The third-order valence-electron chi connectivity index (χ3n) is 7.33. The summed E-state index contributed by atoms with van der Waals surface area (Å²) in [5.74, 6) is -0.760. The Morgan fingerprint density at radius 1 is 1.31 bits per heavy atom. The van der Waals surface area contributed by atoms with Gasteiger partial charge in [0, 0.05) is 25.7 Å². The number of sulfone groups is 1. The SMILES string of the molecule is CC(NC(=O)c1nn(C)c2c1CCN(CC1(S(=O)(=O)C(C)(C)CO)CC1)C2=O)c1ccc(C#N)cc1. The first-order chi connectivity index (χ1) is 16.9. The van der Waals surface area contributed by atoms with Gasteiger partial charge in [0.05, 0.1) is 33.8 Å². The van der Waals surface area contributed by atoms with Crippen molar-refractivity contribution in [3.8, 4) is 6.07 Å². The summed E-state index contributed by atoms with van der Waals surface area (Å²) in [4.78, 5) is 28.0. The monoisotopic (exact) mass is 513 g/mol. The minimum atomic E-state index is -3.69. The number of rotatable bonds is 8. The van der Waals surface area contributed by atoms with Crippen LogP contribution in [0.15, 0.2) is 24.3 Å². The number of hydrogen-bond acceptors (Lipinski definition) is 7. The fourth-order valence-corrected chi connectivity index (χ4v) is 7.08. The van der Waals surface area contributed by atoms with Crippen LogP contribution >= 0.6 is 0 Å². The van der Waals surface area contributed by atoms with Crippen LogP contribution in [0.5, 0.6) is 0 Å². The zero-order chi connectivity index (χ0) is 26.5. The molecule has 36 heavy (non-hydrogen) atoms. The maximum Gasteiger partial charge on any atom is 0.272 e. The quantitative estimate of drug-likeness (QED) is 0.544. The number of hydrogen-bond donors (Lipinski definition) is 2. The molecule has 0 radical (unpaired) electrons. The Morgan fingerprint density at radius 3 is 2.50 bits per heavy atom. The van der Waals surface area contributed by atoms with Crippen LogP contribution in [0.3, 0.4) is 0 Å². The molecule has 0 spiro atoms. The van der Waals surface area contributed by atoms with Gasteiger partial charge in [0.2, 0.25) is 0 Å². The van der Waals surface area contributed by atoms with Crippen molar-refractivity contribution in [1.29, 1.82) is 5.26 Å². The van der Waals surface area contributed by atoms with Crippen LogP contribution in [-0.2, 0) is 23.3 Å². The van der Waals surface area contributed by atoms with Crippen molar-refractivity contribution in [2.45, 2.75) is 55.6 Å². The minimum absolute atomic E-state index is 0.0550. The van der Waals surface area contributed by atoms with Crippen LogP contribution in [0.2, 0.25) is 0 Å². The van der Waals surface area contributed by atoms with E-state index in [4.69, 9.17) is 5.26 Å². The molecule has 11 heteroatoms. The number of carbonyl (C=O) groups excluding carboxylic acids is 2. The Hall–Kier alpha value is -3.23. The third kappa shape index (κ3) is 4.18. The number of fused-ring (bicyclic) bond motifs is 1. The van der Waals surface area contributed by atoms with E-state index in [0.29, 0.717) is 30.4 Å². The van der Waals surface area contributed by atoms with Crippen molar-refractivity contribution in [1.82, 2.24) is 20.0 Å². The zero-order valence-electron chi connectivity index (χ0n) is 20.9. The van der Waals surface area contributed by atoms with Crippen molar-refractivity contribution in [3.63, 3.8) is 0 Å². The molecule has 1 aromatic carbocycles. The van der Waals surface area contributed by atoms with Gasteiger partial charge in [0.15, 0.2) is 15.5 Å². The van der Waals surface area contributed by atoms with E-state index in [9.17, 15) is 23.1 Å². The summed E-state index contributed by atoms with van der Waals surface area (Å²) in [6.45, 7) is 4.67. The number of carbonyl (C=O) groups is 2. The van der Waals surface area contributed by atoms with Gasteiger partial charge in [-0.05, 0) is 57.7 Å². The standard InChI is InChI=1S/C25H31N5O5S/c1-16(18-7-5-17(13-26)6-8-18)27-22(32)20-19-9-12-30(23(33)21(19)29(4)28-20)14-25(10-11-25)36(34,35)24(2,3)15-31/h5-8,16,31H,9-12,14-15H2,1-4H3,(H,27,32). The van der Waals surface area contributed by atoms with Crippen molar-refractivity contribution in [2.75, 3.05) is 19.7 Å². The lowest BCUT2D eigenvalue weighted by atomic mass is 10.0. The minimum Gasteiger partial charge on any atom is -0.395 e. The van der Waals surface area contributed by atoms with E-state index in [0.717, 1.165) is 5.56 Å². The molecular formula is C25H31N5O5S. The van der Waals surface area contributed by atoms with Gasteiger partial charge in [-0.3, -0.25) is 14.3 Å². The normalized spacial score (nSPS) is 17.8. The third-order valence-corrected chi connectivity index (χ3v) is 10.6. The summed E-state index contributed by atoms with van der Waals surface area (Å²) >= 11 is 0. The first kappa shape index (κ1) is 25.9. The number of aliphatic hydroxyl groups is 1. The van der Waals surface area contributed by atoms with Gasteiger partial charge in [-0.2, -0.15) is 10.4 Å². The summed E-state index contributed by atoms with van der Waals surface area (Å²) in [5.41, 5.74) is 2.37. The molecule has 1 fully saturated rings. The van der Waals surface area contributed by atoms with Gasteiger partial charge in [-0.25, -0.2) is 8.42 Å². The number of benzene rings is 1. The molecule has 2 aromatic rings. The molecule has 1 aromatic heterocycles. The zero-order valence-corrected chi connectivity index (χ0v) is 21.7. The van der Waals surface area contributed by atoms with Gasteiger partial charge in [-0.15, -0.1) is 0 Å². The van der Waals surface area contributed by atoms with Gasteiger partial charge in [0.1, 0.15) is 5.69 Å². The van der Waals surface area contributed by atoms with E-state index in [1.807, 2.05) is 6.92 Å². The smallest absolute Gasteiger partial charge is 0.272 e. The molecule has 2 amide bonds. The van der Waals surface area contributed by atoms with Crippen molar-refractivity contribution < 1.29 is 23.1 Å². The van der Waals surface area contributed by atoms with Gasteiger partial charge in [-0.1, -0.05) is 12.1 Å². The average Bonchev–Trinajstić information content (AvgIpc) is 3.57. The van der Waals surface area contributed by atoms with Crippen LogP contribution in [0, 0.1) is 11.3 Å². The molecule has 4 rings (SSSR count). The van der Waals surface area contributed by atoms with Gasteiger partial charge >= 0.3 is 0 Å². The Labute approximate surface area is 210 Å². The van der Waals surface area contributed by atoms with Crippen LogP contribution in [0.1, 0.15) is 77.3 Å². The molecule has 1 aliphatic heterocycles. The van der Waals surface area contributed by atoms with E-state index in [2.05, 4.69) is 16.5 Å². The van der Waals surface area contributed by atoms with Crippen LogP contribution in [0.25, 0.3) is 0 Å². The van der Waals surface area contributed by atoms with Crippen LogP contribution in [-0.4, -0.2) is 69.2 Å². The average molecular weight is 514 g/mol. The maximum absolute atomic E-state index is 13.4. The molecule has 0 bridgehead atoms. The van der Waals surface area contributed by atoms with E-state index in [-0.39, 0.29) is 36.4 Å². The second kappa shape index (κ2) is 9.01. The topological polar surface area (TPSA) is 145 Å². The second-order valence-electron chi connectivity index (χ2n) is 10.3. The predicted octanol–water partition coefficient (Wildman–Crippen LogP) is 1.50. The van der Waals surface area contributed by atoms with Gasteiger partial charge < -0.3 is 15.3 Å². The van der Waals surface area contributed by atoms with Gasteiger partial charge in [0.25, 0.3) is 11.8 Å². The highest BCUT2D eigenvalue weighted by Gasteiger charge is 2.60. The molecule has 10 nitrogen and oxygen atoms in total. The van der Waals surface area contributed by atoms with E-state index in [1.54, 1.807) is 31.3 Å². The number of aliphatic hydroxyl groups excluding tert-OH is 1. The van der Waals surface area contributed by atoms with Crippen molar-refractivity contribution >= 4 is 21.7 Å². The number of aromatic nitrogens is 2. The Bertz CT molecular complexity index is 1350. The number of aryl methyl sites for hydroxylation is 1. The Morgan fingerprint density at radius 2 is 1.94 bits per heavy atom. The summed E-state index contributed by atoms with van der Waals surface area (Å²) in [5, 5.41) is 25.8. The number of amides is 2. The van der Waals surface area contributed by atoms with Crippen molar-refractivity contribution in [3.05, 3.63) is 52.3 Å².